The molecule has 0 radical (unpaired) electrons. The first-order valence-electron chi connectivity index (χ1n) is 8.67. The maximum Gasteiger partial charge on any atom is 0.246 e. The third-order valence-electron chi connectivity index (χ3n) is 4.83. The predicted octanol–water partition coefficient (Wildman–Crippen LogP) is 2.86. The van der Waals surface area contributed by atoms with Gasteiger partial charge in [-0.25, -0.2) is 0 Å². The van der Waals surface area contributed by atoms with Gasteiger partial charge < -0.3 is 10.2 Å². The fraction of sp³-hybridized carbons (Fsp3) is 0.882. The molecule has 0 aromatic rings. The zero-order valence-electron chi connectivity index (χ0n) is 13.7. The molecular weight excluding hydrogens is 264 g/mol. The number of nitrogens with one attached hydrogen (secondary N) is 1. The lowest BCUT2D eigenvalue weighted by atomic mass is 9.93. The highest BCUT2D eigenvalue weighted by Crippen LogP contribution is 2.28. The van der Waals surface area contributed by atoms with E-state index < -0.39 is 0 Å². The molecule has 2 aliphatic rings. The molecule has 0 aromatic heterocycles. The molecule has 0 spiro atoms. The van der Waals surface area contributed by atoms with Crippen LogP contribution in [0.3, 0.4) is 0 Å². The predicted molar refractivity (Wildman–Crippen MR) is 83.8 cm³/mol. The van der Waals surface area contributed by atoms with Gasteiger partial charge in [0.2, 0.25) is 11.8 Å². The van der Waals surface area contributed by atoms with Crippen molar-refractivity contribution in [2.45, 2.75) is 90.3 Å². The summed E-state index contributed by atoms with van der Waals surface area (Å²) in [6, 6.07) is -0.309. The number of carbonyl (C=O) groups is 2. The first kappa shape index (κ1) is 16.3. The van der Waals surface area contributed by atoms with Crippen molar-refractivity contribution in [1.82, 2.24) is 10.2 Å². The summed E-state index contributed by atoms with van der Waals surface area (Å²) in [4.78, 5) is 27.3. The Morgan fingerprint density at radius 1 is 1.14 bits per heavy atom. The zero-order chi connectivity index (χ0) is 15.4. The minimum Gasteiger partial charge on any atom is -0.343 e. The van der Waals surface area contributed by atoms with Crippen molar-refractivity contribution in [2.75, 3.05) is 0 Å². The molecule has 1 saturated carbocycles. The van der Waals surface area contributed by atoms with Crippen molar-refractivity contribution in [2.24, 2.45) is 5.92 Å². The van der Waals surface area contributed by atoms with Crippen molar-refractivity contribution < 1.29 is 9.59 Å². The molecule has 1 saturated heterocycles. The summed E-state index contributed by atoms with van der Waals surface area (Å²) < 4.78 is 0. The summed E-state index contributed by atoms with van der Waals surface area (Å²) in [6.07, 6.45) is 8.46. The van der Waals surface area contributed by atoms with Crippen LogP contribution in [-0.4, -0.2) is 34.8 Å². The minimum atomic E-state index is -0.316. The smallest absolute Gasteiger partial charge is 0.246 e. The van der Waals surface area contributed by atoms with Gasteiger partial charge in [-0.05, 0) is 31.6 Å². The van der Waals surface area contributed by atoms with Crippen molar-refractivity contribution in [3.8, 4) is 0 Å². The Hall–Kier alpha value is -1.06. The standard InChI is InChI=1S/C17H30N2O2/c1-4-14-17(21)19(13-9-7-5-6-8-10-13)15(11-12(2)3)16(20)18-14/h12-15H,4-11H2,1-3H3,(H,18,20). The van der Waals surface area contributed by atoms with Crippen LogP contribution in [0.15, 0.2) is 0 Å². The van der Waals surface area contributed by atoms with E-state index in [9.17, 15) is 9.59 Å². The van der Waals surface area contributed by atoms with E-state index in [0.29, 0.717) is 12.3 Å². The van der Waals surface area contributed by atoms with Crippen LogP contribution in [0.4, 0.5) is 0 Å². The van der Waals surface area contributed by atoms with Crippen molar-refractivity contribution in [3.63, 3.8) is 0 Å². The number of carbonyl (C=O) groups excluding carboxylic acids is 2. The van der Waals surface area contributed by atoms with Crippen molar-refractivity contribution >= 4 is 11.8 Å². The third kappa shape index (κ3) is 3.78. The van der Waals surface area contributed by atoms with Gasteiger partial charge in [-0.1, -0.05) is 46.5 Å². The zero-order valence-corrected chi connectivity index (χ0v) is 13.7. The molecule has 2 rings (SSSR count). The molecular formula is C17H30N2O2. The molecule has 1 heterocycles. The van der Waals surface area contributed by atoms with E-state index in [1.807, 2.05) is 11.8 Å². The van der Waals surface area contributed by atoms with E-state index in [-0.39, 0.29) is 29.9 Å². The molecule has 2 amide bonds. The van der Waals surface area contributed by atoms with Gasteiger partial charge in [-0.2, -0.15) is 0 Å². The Bertz CT molecular complexity index is 373. The van der Waals surface area contributed by atoms with Crippen LogP contribution in [0.5, 0.6) is 0 Å². The van der Waals surface area contributed by atoms with Crippen LogP contribution >= 0.6 is 0 Å². The van der Waals surface area contributed by atoms with E-state index in [1.54, 1.807) is 0 Å². The minimum absolute atomic E-state index is 0.0550. The number of piperazine rings is 1. The van der Waals surface area contributed by atoms with Crippen LogP contribution in [0.2, 0.25) is 0 Å². The first-order valence-corrected chi connectivity index (χ1v) is 8.67. The van der Waals surface area contributed by atoms with Crippen LogP contribution in [-0.2, 0) is 9.59 Å². The molecule has 4 heteroatoms. The van der Waals surface area contributed by atoms with Crippen molar-refractivity contribution in [3.05, 3.63) is 0 Å². The van der Waals surface area contributed by atoms with Gasteiger partial charge in [-0.3, -0.25) is 9.59 Å². The maximum atomic E-state index is 12.8. The summed E-state index contributed by atoms with van der Waals surface area (Å²) in [5, 5.41) is 2.93. The SMILES string of the molecule is CCC1NC(=O)C(CC(C)C)N(C2CCCCCC2)C1=O. The van der Waals surface area contributed by atoms with Gasteiger partial charge in [0, 0.05) is 6.04 Å². The summed E-state index contributed by atoms with van der Waals surface area (Å²) in [5.74, 6) is 0.619. The van der Waals surface area contributed by atoms with Gasteiger partial charge in [-0.15, -0.1) is 0 Å². The molecule has 21 heavy (non-hydrogen) atoms. The molecule has 0 bridgehead atoms. The lowest BCUT2D eigenvalue weighted by Crippen LogP contribution is -2.65. The van der Waals surface area contributed by atoms with E-state index in [1.165, 1.54) is 25.7 Å². The van der Waals surface area contributed by atoms with Crippen LogP contribution < -0.4 is 5.32 Å². The van der Waals surface area contributed by atoms with E-state index in [0.717, 1.165) is 19.3 Å². The van der Waals surface area contributed by atoms with E-state index >= 15 is 0 Å². The Balaban J connectivity index is 2.22. The first-order chi connectivity index (χ1) is 10.0. The Morgan fingerprint density at radius 3 is 2.29 bits per heavy atom. The van der Waals surface area contributed by atoms with Crippen LogP contribution in [0, 0.1) is 5.92 Å². The second-order valence-electron chi connectivity index (χ2n) is 7.01. The molecule has 2 unspecified atom stereocenters. The second-order valence-corrected chi connectivity index (χ2v) is 7.01. The highest BCUT2D eigenvalue weighted by atomic mass is 16.2. The van der Waals surface area contributed by atoms with Gasteiger partial charge in [0.25, 0.3) is 0 Å². The third-order valence-corrected chi connectivity index (χ3v) is 4.83. The number of amides is 2. The monoisotopic (exact) mass is 294 g/mol. The Labute approximate surface area is 128 Å². The number of hydrogen-bond acceptors (Lipinski definition) is 2. The quantitative estimate of drug-likeness (QED) is 0.811. The molecule has 120 valence electrons. The highest BCUT2D eigenvalue weighted by Gasteiger charge is 2.42. The molecule has 4 nitrogen and oxygen atoms in total. The van der Waals surface area contributed by atoms with Crippen molar-refractivity contribution in [1.29, 1.82) is 0 Å². The highest BCUT2D eigenvalue weighted by molar-refractivity contribution is 5.97. The normalized spacial score (nSPS) is 28.7. The number of hydrogen-bond donors (Lipinski definition) is 1. The maximum absolute atomic E-state index is 12.8. The molecule has 0 aromatic carbocycles. The number of rotatable bonds is 4. The topological polar surface area (TPSA) is 49.4 Å². The van der Waals surface area contributed by atoms with Gasteiger partial charge in [0.15, 0.2) is 0 Å². The molecule has 2 fully saturated rings. The largest absolute Gasteiger partial charge is 0.343 e. The fourth-order valence-electron chi connectivity index (χ4n) is 3.70. The van der Waals surface area contributed by atoms with Gasteiger partial charge in [0.05, 0.1) is 0 Å². The second kappa shape index (κ2) is 7.28. The number of nitrogens with zero attached hydrogens (tertiary/aromatic N) is 1. The lowest BCUT2D eigenvalue weighted by molar-refractivity contribution is -0.153. The summed E-state index contributed by atoms with van der Waals surface area (Å²) in [7, 11) is 0. The summed E-state index contributed by atoms with van der Waals surface area (Å²) in [6.45, 7) is 6.21. The van der Waals surface area contributed by atoms with Crippen LogP contribution in [0.25, 0.3) is 0 Å². The molecule has 1 N–H and O–H groups in total. The lowest BCUT2D eigenvalue weighted by Gasteiger charge is -2.44. The molecule has 1 aliphatic heterocycles. The summed E-state index contributed by atoms with van der Waals surface area (Å²) >= 11 is 0. The molecule has 1 aliphatic carbocycles. The Kier molecular flexibility index (Phi) is 5.65. The summed E-state index contributed by atoms with van der Waals surface area (Å²) in [5.41, 5.74) is 0. The Morgan fingerprint density at radius 2 is 1.76 bits per heavy atom. The van der Waals surface area contributed by atoms with Gasteiger partial charge >= 0.3 is 0 Å². The van der Waals surface area contributed by atoms with E-state index in [4.69, 9.17) is 0 Å². The average molecular weight is 294 g/mol. The van der Waals surface area contributed by atoms with Gasteiger partial charge in [0.1, 0.15) is 12.1 Å². The fourth-order valence-corrected chi connectivity index (χ4v) is 3.70. The van der Waals surface area contributed by atoms with E-state index in [2.05, 4.69) is 19.2 Å². The van der Waals surface area contributed by atoms with Crippen LogP contribution in [0.1, 0.15) is 72.1 Å². The molecule has 2 atom stereocenters. The average Bonchev–Trinajstić information content (AvgIpc) is 2.71.